The molecule has 108 valence electrons. The molecule has 1 N–H and O–H groups in total. The van der Waals surface area contributed by atoms with Gasteiger partial charge in [0, 0.05) is 34.6 Å². The molecule has 0 radical (unpaired) electrons. The third-order valence-electron chi connectivity index (χ3n) is 3.89. The third-order valence-corrected chi connectivity index (χ3v) is 4.59. The van der Waals surface area contributed by atoms with Crippen LogP contribution in [-0.2, 0) is 11.2 Å². The van der Waals surface area contributed by atoms with Crippen molar-refractivity contribution >= 4 is 34.7 Å². The standard InChI is InChI=1S/C17H15Cl2NO/c18-14-5-3-6-15(19)13(14)10-17(21)12-8-9-20-16-7-2-1-4-11(12)16/h1-7,12,20H,8-10H2. The van der Waals surface area contributed by atoms with E-state index >= 15 is 0 Å². The summed E-state index contributed by atoms with van der Waals surface area (Å²) in [4.78, 5) is 12.7. The van der Waals surface area contributed by atoms with E-state index in [-0.39, 0.29) is 18.1 Å². The molecule has 3 rings (SSSR count). The van der Waals surface area contributed by atoms with Crippen LogP contribution in [0.1, 0.15) is 23.5 Å². The van der Waals surface area contributed by atoms with Crippen molar-refractivity contribution in [2.45, 2.75) is 18.8 Å². The molecule has 1 unspecified atom stereocenters. The summed E-state index contributed by atoms with van der Waals surface area (Å²) in [5.74, 6) is 0.0775. The van der Waals surface area contributed by atoms with Crippen molar-refractivity contribution in [3.05, 3.63) is 63.6 Å². The number of carbonyl (C=O) groups excluding carboxylic acids is 1. The van der Waals surface area contributed by atoms with Crippen LogP contribution in [0.15, 0.2) is 42.5 Å². The Balaban J connectivity index is 1.87. The van der Waals surface area contributed by atoms with E-state index < -0.39 is 0 Å². The highest BCUT2D eigenvalue weighted by atomic mass is 35.5. The van der Waals surface area contributed by atoms with Gasteiger partial charge in [-0.2, -0.15) is 0 Å². The molecule has 0 amide bonds. The van der Waals surface area contributed by atoms with E-state index in [0.717, 1.165) is 29.8 Å². The lowest BCUT2D eigenvalue weighted by Gasteiger charge is -2.26. The Morgan fingerprint density at radius 1 is 1.10 bits per heavy atom. The second kappa shape index (κ2) is 6.08. The predicted molar refractivity (Wildman–Crippen MR) is 87.5 cm³/mol. The van der Waals surface area contributed by atoms with E-state index in [4.69, 9.17) is 23.2 Å². The summed E-state index contributed by atoms with van der Waals surface area (Å²) < 4.78 is 0. The van der Waals surface area contributed by atoms with Crippen LogP contribution in [-0.4, -0.2) is 12.3 Å². The van der Waals surface area contributed by atoms with Crippen molar-refractivity contribution in [3.8, 4) is 0 Å². The second-order valence-corrected chi connectivity index (χ2v) is 6.01. The fourth-order valence-corrected chi connectivity index (χ4v) is 3.33. The van der Waals surface area contributed by atoms with Crippen LogP contribution in [0.4, 0.5) is 5.69 Å². The Morgan fingerprint density at radius 2 is 1.81 bits per heavy atom. The van der Waals surface area contributed by atoms with Gasteiger partial charge < -0.3 is 5.32 Å². The van der Waals surface area contributed by atoms with Crippen molar-refractivity contribution in [2.24, 2.45) is 0 Å². The van der Waals surface area contributed by atoms with Gasteiger partial charge in [0.05, 0.1) is 0 Å². The molecule has 1 atom stereocenters. The van der Waals surface area contributed by atoms with Crippen LogP contribution >= 0.6 is 23.2 Å². The van der Waals surface area contributed by atoms with Crippen molar-refractivity contribution in [1.82, 2.24) is 0 Å². The average Bonchev–Trinajstić information content (AvgIpc) is 2.50. The number of nitrogens with one attached hydrogen (secondary N) is 1. The van der Waals surface area contributed by atoms with Gasteiger partial charge in [-0.05, 0) is 35.7 Å². The molecular weight excluding hydrogens is 305 g/mol. The smallest absolute Gasteiger partial charge is 0.144 e. The van der Waals surface area contributed by atoms with Crippen LogP contribution in [0.3, 0.4) is 0 Å². The van der Waals surface area contributed by atoms with Crippen molar-refractivity contribution in [2.75, 3.05) is 11.9 Å². The second-order valence-electron chi connectivity index (χ2n) is 5.20. The summed E-state index contributed by atoms with van der Waals surface area (Å²) in [6, 6.07) is 13.3. The summed E-state index contributed by atoms with van der Waals surface area (Å²) in [5.41, 5.74) is 2.84. The molecule has 2 aromatic rings. The molecule has 0 spiro atoms. The maximum absolute atomic E-state index is 12.7. The van der Waals surface area contributed by atoms with Gasteiger partial charge in [0.1, 0.15) is 5.78 Å². The highest BCUT2D eigenvalue weighted by molar-refractivity contribution is 6.36. The SMILES string of the molecule is O=C(Cc1c(Cl)cccc1Cl)C1CCNc2ccccc21. The largest absolute Gasteiger partial charge is 0.385 e. The Labute approximate surface area is 134 Å². The maximum atomic E-state index is 12.7. The van der Waals surface area contributed by atoms with Crippen LogP contribution in [0, 0.1) is 0 Å². The van der Waals surface area contributed by atoms with E-state index in [1.54, 1.807) is 18.2 Å². The monoisotopic (exact) mass is 319 g/mol. The van der Waals surface area contributed by atoms with E-state index in [1.165, 1.54) is 0 Å². The van der Waals surface area contributed by atoms with Crippen molar-refractivity contribution in [1.29, 1.82) is 0 Å². The summed E-state index contributed by atoms with van der Waals surface area (Å²) in [6.45, 7) is 0.809. The fraction of sp³-hybridized carbons (Fsp3) is 0.235. The normalized spacial score (nSPS) is 17.0. The molecule has 0 bridgehead atoms. The first-order valence-electron chi connectivity index (χ1n) is 6.95. The number of anilines is 1. The van der Waals surface area contributed by atoms with Crippen LogP contribution in [0.25, 0.3) is 0 Å². The zero-order chi connectivity index (χ0) is 14.8. The van der Waals surface area contributed by atoms with Gasteiger partial charge >= 0.3 is 0 Å². The van der Waals surface area contributed by atoms with E-state index in [1.807, 2.05) is 24.3 Å². The van der Waals surface area contributed by atoms with Gasteiger partial charge in [0.25, 0.3) is 0 Å². The maximum Gasteiger partial charge on any atom is 0.144 e. The van der Waals surface area contributed by atoms with Crippen molar-refractivity contribution < 1.29 is 4.79 Å². The molecule has 0 saturated carbocycles. The first kappa shape index (κ1) is 14.4. The number of hydrogen-bond donors (Lipinski definition) is 1. The number of carbonyl (C=O) groups is 1. The molecule has 21 heavy (non-hydrogen) atoms. The summed E-state index contributed by atoms with van der Waals surface area (Å²) in [6.07, 6.45) is 1.08. The van der Waals surface area contributed by atoms with Crippen LogP contribution in [0.5, 0.6) is 0 Å². The van der Waals surface area contributed by atoms with Gasteiger partial charge in [-0.15, -0.1) is 0 Å². The number of hydrogen-bond acceptors (Lipinski definition) is 2. The Kier molecular flexibility index (Phi) is 4.18. The summed E-state index contributed by atoms with van der Waals surface area (Å²) in [7, 11) is 0. The minimum Gasteiger partial charge on any atom is -0.385 e. The average molecular weight is 320 g/mol. The molecule has 1 heterocycles. The van der Waals surface area contributed by atoms with Crippen molar-refractivity contribution in [3.63, 3.8) is 0 Å². The van der Waals surface area contributed by atoms with Gasteiger partial charge in [0.15, 0.2) is 0 Å². The molecule has 1 aliphatic rings. The van der Waals surface area contributed by atoms with Gasteiger partial charge in [-0.25, -0.2) is 0 Å². The van der Waals surface area contributed by atoms with E-state index in [2.05, 4.69) is 5.32 Å². The molecule has 0 aromatic heterocycles. The highest BCUT2D eigenvalue weighted by Gasteiger charge is 2.26. The molecule has 2 nitrogen and oxygen atoms in total. The number of rotatable bonds is 3. The lowest BCUT2D eigenvalue weighted by Crippen LogP contribution is -2.24. The number of benzene rings is 2. The van der Waals surface area contributed by atoms with E-state index in [0.29, 0.717) is 10.0 Å². The van der Waals surface area contributed by atoms with Gasteiger partial charge in [0.2, 0.25) is 0 Å². The summed E-state index contributed by atoms with van der Waals surface area (Å²) in [5, 5.41) is 4.44. The molecular formula is C17H15Cl2NO. The molecule has 0 aliphatic carbocycles. The molecule has 0 saturated heterocycles. The number of fused-ring (bicyclic) bond motifs is 1. The van der Waals surface area contributed by atoms with E-state index in [9.17, 15) is 4.79 Å². The zero-order valence-corrected chi connectivity index (χ0v) is 12.9. The summed E-state index contributed by atoms with van der Waals surface area (Å²) >= 11 is 12.3. The molecule has 0 fully saturated rings. The number of para-hydroxylation sites is 1. The quantitative estimate of drug-likeness (QED) is 0.888. The Hall–Kier alpha value is -1.51. The lowest BCUT2D eigenvalue weighted by atomic mass is 9.85. The first-order chi connectivity index (χ1) is 10.2. The van der Waals surface area contributed by atoms with Gasteiger partial charge in [-0.1, -0.05) is 47.5 Å². The zero-order valence-electron chi connectivity index (χ0n) is 11.4. The Bertz CT molecular complexity index is 664. The Morgan fingerprint density at radius 3 is 2.57 bits per heavy atom. The minimum atomic E-state index is -0.0882. The number of ketones is 1. The van der Waals surface area contributed by atoms with Gasteiger partial charge in [-0.3, -0.25) is 4.79 Å². The van der Waals surface area contributed by atoms with Crippen LogP contribution < -0.4 is 5.32 Å². The fourth-order valence-electron chi connectivity index (χ4n) is 2.80. The lowest BCUT2D eigenvalue weighted by molar-refractivity contribution is -0.120. The molecule has 4 heteroatoms. The molecule has 1 aliphatic heterocycles. The first-order valence-corrected chi connectivity index (χ1v) is 7.71. The highest BCUT2D eigenvalue weighted by Crippen LogP contribution is 2.34. The van der Waals surface area contributed by atoms with Crippen LogP contribution in [0.2, 0.25) is 10.0 Å². The predicted octanol–water partition coefficient (Wildman–Crippen LogP) is 4.70. The topological polar surface area (TPSA) is 29.1 Å². The molecule has 2 aromatic carbocycles. The third kappa shape index (κ3) is 2.92. The number of Topliss-reactive ketones (excluding diaryl/α,β-unsaturated/α-hetero) is 1. The minimum absolute atomic E-state index is 0.0882. The number of halogens is 2.